The fourth-order valence-electron chi connectivity index (χ4n) is 2.56. The third-order valence-corrected chi connectivity index (χ3v) is 3.66. The summed E-state index contributed by atoms with van der Waals surface area (Å²) in [4.78, 5) is 0. The van der Waals surface area contributed by atoms with E-state index < -0.39 is 0 Å². The Kier molecular flexibility index (Phi) is 9.09. The third-order valence-electron chi connectivity index (χ3n) is 3.66. The average molecular weight is 234 g/mol. The van der Waals surface area contributed by atoms with Crippen LogP contribution in [0.3, 0.4) is 0 Å². The van der Waals surface area contributed by atoms with Crippen LogP contribution in [-0.2, 0) is 0 Å². The van der Waals surface area contributed by atoms with Crippen molar-refractivity contribution in [2.24, 2.45) is 0 Å². The van der Waals surface area contributed by atoms with Gasteiger partial charge in [0.15, 0.2) is 0 Å². The summed E-state index contributed by atoms with van der Waals surface area (Å²) < 4.78 is 0. The Morgan fingerprint density at radius 2 is 1.53 bits per heavy atom. The second kappa shape index (κ2) is 10.6. The summed E-state index contributed by atoms with van der Waals surface area (Å²) >= 11 is 0. The van der Waals surface area contributed by atoms with E-state index in [1.165, 1.54) is 77.0 Å². The summed E-state index contributed by atoms with van der Waals surface area (Å²) in [6, 6.07) is 0. The van der Waals surface area contributed by atoms with E-state index in [0.717, 1.165) is 0 Å². The topological polar surface area (TPSA) is 0 Å². The SMILES string of the molecule is CCC=CCCCCCCC=C1CCCCC1. The Hall–Kier alpha value is -0.520. The molecule has 0 aliphatic heterocycles. The van der Waals surface area contributed by atoms with Gasteiger partial charge in [0.05, 0.1) is 0 Å². The van der Waals surface area contributed by atoms with Crippen LogP contribution in [0.1, 0.15) is 84.0 Å². The maximum Gasteiger partial charge on any atom is -0.0320 e. The molecule has 0 heteroatoms. The minimum atomic E-state index is 1.19. The minimum Gasteiger partial charge on any atom is -0.0888 e. The van der Waals surface area contributed by atoms with E-state index in [1.807, 2.05) is 0 Å². The summed E-state index contributed by atoms with van der Waals surface area (Å²) in [6.07, 6.45) is 23.7. The van der Waals surface area contributed by atoms with Crippen LogP contribution in [0.2, 0.25) is 0 Å². The monoisotopic (exact) mass is 234 g/mol. The van der Waals surface area contributed by atoms with Crippen LogP contribution in [0.15, 0.2) is 23.8 Å². The van der Waals surface area contributed by atoms with Crippen molar-refractivity contribution in [2.45, 2.75) is 84.0 Å². The van der Waals surface area contributed by atoms with Crippen molar-refractivity contribution in [2.75, 3.05) is 0 Å². The summed E-state index contributed by atoms with van der Waals surface area (Å²) in [5.74, 6) is 0. The molecule has 1 aliphatic carbocycles. The zero-order valence-electron chi connectivity index (χ0n) is 11.7. The standard InChI is InChI=1S/C17H30/c1-2-3-4-5-6-7-8-9-11-14-17-15-12-10-13-16-17/h3-4,14H,2,5-13,15-16H2,1H3. The van der Waals surface area contributed by atoms with Gasteiger partial charge in [-0.05, 0) is 57.8 Å². The second-order valence-corrected chi connectivity index (χ2v) is 5.29. The molecule has 0 radical (unpaired) electrons. The lowest BCUT2D eigenvalue weighted by Gasteiger charge is -2.13. The van der Waals surface area contributed by atoms with Crippen LogP contribution in [0.25, 0.3) is 0 Å². The first-order chi connectivity index (χ1) is 8.43. The summed E-state index contributed by atoms with van der Waals surface area (Å²) in [5, 5.41) is 0. The Morgan fingerprint density at radius 1 is 0.824 bits per heavy atom. The molecule has 1 rings (SSSR count). The van der Waals surface area contributed by atoms with E-state index in [1.54, 1.807) is 5.57 Å². The van der Waals surface area contributed by atoms with Crippen LogP contribution in [0, 0.1) is 0 Å². The maximum atomic E-state index is 2.54. The first-order valence-electron chi connectivity index (χ1n) is 7.76. The highest BCUT2D eigenvalue weighted by Gasteiger charge is 2.03. The normalized spacial score (nSPS) is 16.6. The summed E-state index contributed by atoms with van der Waals surface area (Å²) in [6.45, 7) is 2.20. The lowest BCUT2D eigenvalue weighted by atomic mass is 9.94. The van der Waals surface area contributed by atoms with Crippen molar-refractivity contribution in [3.05, 3.63) is 23.8 Å². The Labute approximate surface area is 108 Å². The van der Waals surface area contributed by atoms with Gasteiger partial charge in [0.25, 0.3) is 0 Å². The molecule has 0 amide bonds. The number of unbranched alkanes of at least 4 members (excludes halogenated alkanes) is 5. The quantitative estimate of drug-likeness (QED) is 0.347. The van der Waals surface area contributed by atoms with E-state index in [2.05, 4.69) is 25.2 Å². The van der Waals surface area contributed by atoms with Gasteiger partial charge in [0.1, 0.15) is 0 Å². The van der Waals surface area contributed by atoms with Gasteiger partial charge < -0.3 is 0 Å². The molecule has 1 aliphatic rings. The average Bonchev–Trinajstić information content (AvgIpc) is 2.38. The number of allylic oxidation sites excluding steroid dienone is 4. The molecule has 0 aromatic rings. The van der Waals surface area contributed by atoms with Gasteiger partial charge in [0.2, 0.25) is 0 Å². The highest BCUT2D eigenvalue weighted by Crippen LogP contribution is 2.23. The summed E-state index contributed by atoms with van der Waals surface area (Å²) in [5.41, 5.74) is 1.75. The third kappa shape index (κ3) is 8.24. The first kappa shape index (κ1) is 14.5. The molecule has 0 unspecified atom stereocenters. The summed E-state index contributed by atoms with van der Waals surface area (Å²) in [7, 11) is 0. The fraction of sp³-hybridized carbons (Fsp3) is 0.765. The zero-order chi connectivity index (χ0) is 12.2. The van der Waals surface area contributed by atoms with Crippen molar-refractivity contribution in [1.29, 1.82) is 0 Å². The van der Waals surface area contributed by atoms with Crippen molar-refractivity contribution in [3.8, 4) is 0 Å². The maximum absolute atomic E-state index is 2.54. The van der Waals surface area contributed by atoms with Crippen LogP contribution in [-0.4, -0.2) is 0 Å². The fourth-order valence-corrected chi connectivity index (χ4v) is 2.56. The van der Waals surface area contributed by atoms with Gasteiger partial charge in [-0.3, -0.25) is 0 Å². The number of rotatable bonds is 8. The van der Waals surface area contributed by atoms with Crippen LogP contribution < -0.4 is 0 Å². The molecule has 0 nitrogen and oxygen atoms in total. The van der Waals surface area contributed by atoms with Crippen molar-refractivity contribution >= 4 is 0 Å². The minimum absolute atomic E-state index is 1.19. The predicted molar refractivity (Wildman–Crippen MR) is 78.3 cm³/mol. The molecule has 98 valence electrons. The smallest absolute Gasteiger partial charge is 0.0320 e. The van der Waals surface area contributed by atoms with Crippen molar-refractivity contribution < 1.29 is 0 Å². The molecule has 0 aromatic heterocycles. The molecule has 1 fully saturated rings. The molecular weight excluding hydrogens is 204 g/mol. The van der Waals surface area contributed by atoms with Gasteiger partial charge in [-0.25, -0.2) is 0 Å². The van der Waals surface area contributed by atoms with Crippen LogP contribution in [0.5, 0.6) is 0 Å². The molecule has 0 atom stereocenters. The first-order valence-corrected chi connectivity index (χ1v) is 7.76. The van der Waals surface area contributed by atoms with Crippen LogP contribution >= 0.6 is 0 Å². The Balaban J connectivity index is 1.88. The molecular formula is C17H30. The molecule has 0 N–H and O–H groups in total. The Morgan fingerprint density at radius 3 is 2.24 bits per heavy atom. The van der Waals surface area contributed by atoms with E-state index in [0.29, 0.717) is 0 Å². The zero-order valence-corrected chi connectivity index (χ0v) is 11.7. The van der Waals surface area contributed by atoms with Gasteiger partial charge in [-0.1, -0.05) is 50.0 Å². The van der Waals surface area contributed by atoms with E-state index >= 15 is 0 Å². The molecule has 1 saturated carbocycles. The lowest BCUT2D eigenvalue weighted by molar-refractivity contribution is 0.591. The molecule has 0 heterocycles. The van der Waals surface area contributed by atoms with E-state index in [-0.39, 0.29) is 0 Å². The second-order valence-electron chi connectivity index (χ2n) is 5.29. The highest BCUT2D eigenvalue weighted by molar-refractivity contribution is 5.03. The van der Waals surface area contributed by atoms with Gasteiger partial charge in [0, 0.05) is 0 Å². The molecule has 0 saturated heterocycles. The lowest BCUT2D eigenvalue weighted by Crippen LogP contribution is -1.93. The van der Waals surface area contributed by atoms with Gasteiger partial charge in [-0.15, -0.1) is 0 Å². The van der Waals surface area contributed by atoms with Crippen LogP contribution in [0.4, 0.5) is 0 Å². The van der Waals surface area contributed by atoms with E-state index in [9.17, 15) is 0 Å². The number of hydrogen-bond acceptors (Lipinski definition) is 0. The molecule has 0 bridgehead atoms. The Bertz CT molecular complexity index is 214. The van der Waals surface area contributed by atoms with Gasteiger partial charge >= 0.3 is 0 Å². The molecule has 0 spiro atoms. The largest absolute Gasteiger partial charge is 0.0888 e. The highest BCUT2D eigenvalue weighted by atomic mass is 14.1. The molecule has 0 aromatic carbocycles. The molecule has 17 heavy (non-hydrogen) atoms. The van der Waals surface area contributed by atoms with Crippen molar-refractivity contribution in [1.82, 2.24) is 0 Å². The van der Waals surface area contributed by atoms with Gasteiger partial charge in [-0.2, -0.15) is 0 Å². The van der Waals surface area contributed by atoms with Crippen molar-refractivity contribution in [3.63, 3.8) is 0 Å². The van der Waals surface area contributed by atoms with E-state index in [4.69, 9.17) is 0 Å². The predicted octanol–water partition coefficient (Wildman–Crippen LogP) is 6.18. The number of hydrogen-bond donors (Lipinski definition) is 0.